The summed E-state index contributed by atoms with van der Waals surface area (Å²) in [4.78, 5) is 4.42. The van der Waals surface area contributed by atoms with Crippen molar-refractivity contribution in [3.8, 4) is 0 Å². The number of aryl methyl sites for hydroxylation is 1. The van der Waals surface area contributed by atoms with E-state index in [4.69, 9.17) is 11.6 Å². The lowest BCUT2D eigenvalue weighted by molar-refractivity contribution is 0.582. The lowest BCUT2D eigenvalue weighted by Gasteiger charge is -2.07. The van der Waals surface area contributed by atoms with Crippen LogP contribution in [0.25, 0.3) is 11.0 Å². The number of halogens is 1. The van der Waals surface area contributed by atoms with Gasteiger partial charge in [-0.3, -0.25) is 0 Å². The molecule has 0 radical (unpaired) electrons. The number of aromatic nitrogens is 2. The second-order valence-electron chi connectivity index (χ2n) is 5.22. The Labute approximate surface area is 140 Å². The van der Waals surface area contributed by atoms with E-state index in [1.54, 1.807) is 24.4 Å². The summed E-state index contributed by atoms with van der Waals surface area (Å²) < 4.78 is 29.1. The summed E-state index contributed by atoms with van der Waals surface area (Å²) in [6.45, 7) is 0.293. The molecular weight excluding hydrogens is 334 g/mol. The highest BCUT2D eigenvalue weighted by Gasteiger charge is 2.17. The zero-order valence-corrected chi connectivity index (χ0v) is 14.1. The third-order valence-corrected chi connectivity index (χ3v) is 5.59. The van der Waals surface area contributed by atoms with Gasteiger partial charge in [0.2, 0.25) is 10.0 Å². The zero-order valence-electron chi connectivity index (χ0n) is 12.5. The minimum Gasteiger partial charge on any atom is -0.335 e. The summed E-state index contributed by atoms with van der Waals surface area (Å²) in [5, 5.41) is 1.25. The fraction of sp³-hybridized carbons (Fsp3) is 0.188. The number of nitrogens with one attached hydrogen (secondary N) is 1. The van der Waals surface area contributed by atoms with Crippen molar-refractivity contribution in [1.29, 1.82) is 0 Å². The van der Waals surface area contributed by atoms with Gasteiger partial charge in [-0.25, -0.2) is 18.1 Å². The first-order valence-corrected chi connectivity index (χ1v) is 8.98. The van der Waals surface area contributed by atoms with Gasteiger partial charge in [0.05, 0.1) is 5.02 Å². The number of rotatable bonds is 5. The summed E-state index contributed by atoms with van der Waals surface area (Å²) in [5.41, 5.74) is 1.94. The zero-order chi connectivity index (χ0) is 16.4. The molecule has 0 aliphatic rings. The van der Waals surface area contributed by atoms with Gasteiger partial charge < -0.3 is 4.57 Å². The van der Waals surface area contributed by atoms with Crippen LogP contribution in [-0.4, -0.2) is 24.5 Å². The summed E-state index contributed by atoms with van der Waals surface area (Å²) in [7, 11) is -1.69. The van der Waals surface area contributed by atoms with Gasteiger partial charge in [-0.15, -0.1) is 0 Å². The molecule has 0 saturated heterocycles. The largest absolute Gasteiger partial charge is 0.335 e. The number of nitrogens with zero attached hydrogens (tertiary/aromatic N) is 2. The van der Waals surface area contributed by atoms with Crippen LogP contribution in [0.2, 0.25) is 5.02 Å². The van der Waals surface area contributed by atoms with Gasteiger partial charge in [-0.2, -0.15) is 0 Å². The second-order valence-corrected chi connectivity index (χ2v) is 7.36. The average Bonchev–Trinajstić information content (AvgIpc) is 2.84. The van der Waals surface area contributed by atoms with Crippen molar-refractivity contribution in [2.45, 2.75) is 11.3 Å². The molecule has 0 aliphatic heterocycles. The summed E-state index contributed by atoms with van der Waals surface area (Å²) in [5.74, 6) is 0. The molecule has 0 bridgehead atoms. The molecule has 2 heterocycles. The molecule has 120 valence electrons. The quantitative estimate of drug-likeness (QED) is 0.770. The van der Waals surface area contributed by atoms with Crippen LogP contribution in [0.4, 0.5) is 0 Å². The molecule has 5 nitrogen and oxygen atoms in total. The van der Waals surface area contributed by atoms with Crippen molar-refractivity contribution in [3.63, 3.8) is 0 Å². The highest BCUT2D eigenvalue weighted by Crippen LogP contribution is 2.21. The Balaban J connectivity index is 1.75. The van der Waals surface area contributed by atoms with Gasteiger partial charge in [-0.1, -0.05) is 23.7 Å². The maximum absolute atomic E-state index is 12.3. The smallest absolute Gasteiger partial charge is 0.242 e. The molecule has 0 saturated carbocycles. The molecule has 23 heavy (non-hydrogen) atoms. The Morgan fingerprint density at radius 1 is 1.22 bits per heavy atom. The van der Waals surface area contributed by atoms with E-state index in [2.05, 4.69) is 9.71 Å². The van der Waals surface area contributed by atoms with Crippen LogP contribution < -0.4 is 4.72 Å². The fourth-order valence-corrected chi connectivity index (χ4v) is 4.10. The monoisotopic (exact) mass is 349 g/mol. The minimum absolute atomic E-state index is 0.0984. The van der Waals surface area contributed by atoms with E-state index in [9.17, 15) is 8.42 Å². The number of fused-ring (bicyclic) bond motifs is 1. The van der Waals surface area contributed by atoms with Gasteiger partial charge >= 0.3 is 0 Å². The Morgan fingerprint density at radius 2 is 2.00 bits per heavy atom. The third kappa shape index (κ3) is 3.24. The van der Waals surface area contributed by atoms with Crippen LogP contribution >= 0.6 is 11.6 Å². The van der Waals surface area contributed by atoms with Gasteiger partial charge in [0.25, 0.3) is 0 Å². The van der Waals surface area contributed by atoms with Crippen LogP contribution in [0.15, 0.2) is 53.7 Å². The molecule has 0 fully saturated rings. The van der Waals surface area contributed by atoms with Crippen LogP contribution in [-0.2, 0) is 23.5 Å². The van der Waals surface area contributed by atoms with E-state index in [0.717, 1.165) is 16.6 Å². The Kier molecular flexibility index (Phi) is 4.39. The topological polar surface area (TPSA) is 64.0 Å². The molecular formula is C16H16ClN3O2S. The molecule has 0 amide bonds. The number of sulfonamides is 1. The van der Waals surface area contributed by atoms with Crippen LogP contribution in [0.1, 0.15) is 5.56 Å². The molecule has 0 unspecified atom stereocenters. The second kappa shape index (κ2) is 6.31. The number of hydrogen-bond acceptors (Lipinski definition) is 3. The number of hydrogen-bond donors (Lipinski definition) is 1. The van der Waals surface area contributed by atoms with Crippen molar-refractivity contribution < 1.29 is 8.42 Å². The lowest BCUT2D eigenvalue weighted by Crippen LogP contribution is -2.26. The molecule has 1 N–H and O–H groups in total. The van der Waals surface area contributed by atoms with Crippen LogP contribution in [0, 0.1) is 0 Å². The first-order chi connectivity index (χ1) is 11.0. The van der Waals surface area contributed by atoms with Crippen molar-refractivity contribution >= 4 is 32.7 Å². The van der Waals surface area contributed by atoms with E-state index in [1.165, 1.54) is 6.07 Å². The Morgan fingerprint density at radius 3 is 2.78 bits per heavy atom. The molecule has 7 heteroatoms. The SMILES string of the molecule is Cn1cc(CCNS(=O)(=O)c2ccccc2Cl)c2cccnc21. The van der Waals surface area contributed by atoms with Gasteiger partial charge in [0.15, 0.2) is 0 Å². The number of pyridine rings is 1. The Hall–Kier alpha value is -1.89. The molecule has 2 aromatic heterocycles. The standard InChI is InChI=1S/C16H16ClN3O2S/c1-20-11-12(13-5-4-9-18-16(13)20)8-10-19-23(21,22)15-7-3-2-6-14(15)17/h2-7,9,11,19H,8,10H2,1H3. The minimum atomic E-state index is -3.61. The summed E-state index contributed by atoms with van der Waals surface area (Å²) >= 11 is 5.96. The normalized spacial score (nSPS) is 11.9. The van der Waals surface area contributed by atoms with Crippen molar-refractivity contribution in [1.82, 2.24) is 14.3 Å². The Bertz CT molecular complexity index is 951. The highest BCUT2D eigenvalue weighted by molar-refractivity contribution is 7.89. The third-order valence-electron chi connectivity index (χ3n) is 3.63. The summed E-state index contributed by atoms with van der Waals surface area (Å²) in [6, 6.07) is 10.3. The molecule has 3 aromatic rings. The number of benzene rings is 1. The molecule has 0 atom stereocenters. The lowest BCUT2D eigenvalue weighted by atomic mass is 10.2. The predicted octanol–water partition coefficient (Wildman–Crippen LogP) is 2.75. The van der Waals surface area contributed by atoms with Gasteiger partial charge in [-0.05, 0) is 36.2 Å². The molecule has 0 spiro atoms. The van der Waals surface area contributed by atoms with Gasteiger partial charge in [0.1, 0.15) is 10.5 Å². The molecule has 3 rings (SSSR count). The van der Waals surface area contributed by atoms with Crippen molar-refractivity contribution in [2.75, 3.05) is 6.54 Å². The highest BCUT2D eigenvalue weighted by atomic mass is 35.5. The first-order valence-electron chi connectivity index (χ1n) is 7.12. The van der Waals surface area contributed by atoms with E-state index >= 15 is 0 Å². The van der Waals surface area contributed by atoms with Crippen molar-refractivity contribution in [3.05, 3.63) is 59.4 Å². The summed E-state index contributed by atoms with van der Waals surface area (Å²) in [6.07, 6.45) is 4.29. The predicted molar refractivity (Wildman–Crippen MR) is 91.1 cm³/mol. The molecule has 1 aromatic carbocycles. The van der Waals surface area contributed by atoms with E-state index in [-0.39, 0.29) is 9.92 Å². The van der Waals surface area contributed by atoms with Crippen molar-refractivity contribution in [2.24, 2.45) is 7.05 Å². The fourth-order valence-electron chi connectivity index (χ4n) is 2.55. The maximum atomic E-state index is 12.3. The van der Waals surface area contributed by atoms with E-state index < -0.39 is 10.0 Å². The maximum Gasteiger partial charge on any atom is 0.242 e. The van der Waals surface area contributed by atoms with E-state index in [0.29, 0.717) is 13.0 Å². The molecule has 0 aliphatic carbocycles. The first kappa shape index (κ1) is 16.0. The van der Waals surface area contributed by atoms with Crippen LogP contribution in [0.3, 0.4) is 0 Å². The average molecular weight is 350 g/mol. The van der Waals surface area contributed by atoms with Gasteiger partial charge in [0, 0.05) is 31.4 Å². The van der Waals surface area contributed by atoms with E-state index in [1.807, 2.05) is 29.9 Å². The van der Waals surface area contributed by atoms with Crippen LogP contribution in [0.5, 0.6) is 0 Å².